The van der Waals surface area contributed by atoms with Crippen LogP contribution in [-0.4, -0.2) is 6.71 Å². The lowest BCUT2D eigenvalue weighted by molar-refractivity contribution is 0.590. The summed E-state index contributed by atoms with van der Waals surface area (Å²) < 4.78 is 1.40. The summed E-state index contributed by atoms with van der Waals surface area (Å²) in [5.74, 6) is 0.397. The lowest BCUT2D eigenvalue weighted by Crippen LogP contribution is -2.60. The van der Waals surface area contributed by atoms with Gasteiger partial charge < -0.3 is 9.80 Å². The van der Waals surface area contributed by atoms with Gasteiger partial charge >= 0.3 is 0 Å². The maximum absolute atomic E-state index is 2.64. The number of anilines is 6. The van der Waals surface area contributed by atoms with E-state index in [0.717, 1.165) is 5.69 Å². The Hall–Kier alpha value is -7.66. The fraction of sp³-hybridized carbons (Fsp3) is 0.121. The molecule has 1 aromatic heterocycles. The van der Waals surface area contributed by atoms with Crippen molar-refractivity contribution in [2.75, 3.05) is 9.80 Å². The van der Waals surface area contributed by atoms with E-state index in [9.17, 15) is 0 Å². The number of rotatable bonds is 5. The van der Waals surface area contributed by atoms with Gasteiger partial charge in [0.05, 0.1) is 11.1 Å². The molecule has 70 heavy (non-hydrogen) atoms. The first-order chi connectivity index (χ1) is 34.2. The smallest absolute Gasteiger partial charge is 0.264 e. The molecule has 334 valence electrons. The van der Waals surface area contributed by atoms with E-state index in [0.29, 0.717) is 5.92 Å². The second kappa shape index (κ2) is 15.2. The van der Waals surface area contributed by atoms with E-state index >= 15 is 0 Å². The van der Waals surface area contributed by atoms with E-state index in [-0.39, 0.29) is 12.1 Å². The molecule has 10 aromatic rings. The number of hydrogen-bond acceptors (Lipinski definition) is 3. The molecule has 3 heterocycles. The van der Waals surface area contributed by atoms with E-state index in [2.05, 4.69) is 268 Å². The van der Waals surface area contributed by atoms with Gasteiger partial charge in [0, 0.05) is 43.7 Å². The molecule has 0 N–H and O–H groups in total. The quantitative estimate of drug-likeness (QED) is 0.159. The molecule has 0 bridgehead atoms. The molecule has 0 atom stereocenters. The second-order valence-electron chi connectivity index (χ2n) is 21.0. The molecule has 0 unspecified atom stereocenters. The predicted octanol–water partition coefficient (Wildman–Crippen LogP) is 15.9. The van der Waals surface area contributed by atoms with Crippen molar-refractivity contribution >= 4 is 67.9 Å². The Kier molecular flexibility index (Phi) is 8.96. The molecule has 4 aliphatic rings. The van der Waals surface area contributed by atoms with Crippen molar-refractivity contribution in [2.45, 2.75) is 51.4 Å². The van der Waals surface area contributed by atoms with Crippen molar-refractivity contribution < 1.29 is 0 Å². The van der Waals surface area contributed by atoms with Crippen molar-refractivity contribution in [1.82, 2.24) is 0 Å². The van der Waals surface area contributed by atoms with Gasteiger partial charge in [-0.05, 0) is 131 Å². The molecule has 14 rings (SSSR count). The number of fused-ring (bicyclic) bond motifs is 15. The maximum atomic E-state index is 2.64. The maximum Gasteiger partial charge on any atom is 0.264 e. The average Bonchev–Trinajstić information content (AvgIpc) is 4.03. The first-order valence-electron chi connectivity index (χ1n) is 24.9. The lowest BCUT2D eigenvalue weighted by Gasteiger charge is -2.43. The van der Waals surface area contributed by atoms with Crippen LogP contribution in [0.3, 0.4) is 0 Å². The number of para-hydroxylation sites is 1. The highest BCUT2D eigenvalue weighted by atomic mass is 32.1. The summed E-state index contributed by atoms with van der Waals surface area (Å²) in [5.41, 5.74) is 26.7. The van der Waals surface area contributed by atoms with E-state index in [1.807, 2.05) is 0 Å². The number of benzene rings is 9. The third kappa shape index (κ3) is 5.69. The van der Waals surface area contributed by atoms with Crippen molar-refractivity contribution in [2.24, 2.45) is 0 Å². The minimum absolute atomic E-state index is 0.0161. The molecule has 0 saturated heterocycles. The monoisotopic (exact) mass is 914 g/mol. The molecular weight excluding hydrogens is 864 g/mol. The molecule has 1 spiro atoms. The fourth-order valence-corrected chi connectivity index (χ4v) is 14.3. The van der Waals surface area contributed by atoms with Gasteiger partial charge in [0.25, 0.3) is 6.71 Å². The van der Waals surface area contributed by atoms with Gasteiger partial charge in [-0.25, -0.2) is 0 Å². The SMILES string of the molecule is CC(C)c1ccc(-c2ccccc2)c(-c2ccc3c(c2)N(c2ccccc2)c2cccc4c2B3c2sc3c(c2N4c2ccc(C(C)(C)C)cc2)-c2ccccc2C32c3ccccc3-c3ccccc32)c1. The molecule has 2 aliphatic carbocycles. The van der Waals surface area contributed by atoms with Crippen LogP contribution in [0, 0.1) is 0 Å². The molecule has 2 aliphatic heterocycles. The molecule has 0 amide bonds. The molecule has 0 saturated carbocycles. The zero-order chi connectivity index (χ0) is 47.0. The minimum Gasteiger partial charge on any atom is -0.311 e. The van der Waals surface area contributed by atoms with Gasteiger partial charge in [-0.2, -0.15) is 0 Å². The summed E-state index contributed by atoms with van der Waals surface area (Å²) in [7, 11) is 0. The Morgan fingerprint density at radius 2 is 1.06 bits per heavy atom. The largest absolute Gasteiger partial charge is 0.311 e. The zero-order valence-corrected chi connectivity index (χ0v) is 41.0. The van der Waals surface area contributed by atoms with Gasteiger partial charge in [0.2, 0.25) is 0 Å². The highest BCUT2D eigenvalue weighted by molar-refractivity contribution is 7.30. The second-order valence-corrected chi connectivity index (χ2v) is 22.0. The first-order valence-corrected chi connectivity index (χ1v) is 25.7. The number of nitrogens with zero attached hydrogens (tertiary/aromatic N) is 2. The molecule has 2 nitrogen and oxygen atoms in total. The lowest BCUT2D eigenvalue weighted by atomic mass is 9.36. The summed E-state index contributed by atoms with van der Waals surface area (Å²) in [5, 5.41) is 0. The standard InChI is InChI=1S/C66H51BN2S/c1-41(2)43-31-37-48(42-19-8-6-9-20-42)52(39-43)44-32-38-56-59(40-44)68(46-21-10-7-11-22-46)57-29-18-30-58-61(57)67(56)64-62(69(58)47-35-33-45(34-36-47)65(3,4)5)60-51-25-14-17-28-55(51)66(63(60)70-64)53-26-15-12-23-49(53)50-24-13-16-27-54(50)66/h6-41H,1-5H3. The molecule has 0 radical (unpaired) electrons. The Balaban J connectivity index is 1.09. The summed E-state index contributed by atoms with van der Waals surface area (Å²) in [6.07, 6.45) is 0. The Morgan fingerprint density at radius 1 is 0.471 bits per heavy atom. The van der Waals surface area contributed by atoms with Crippen LogP contribution in [-0.2, 0) is 10.8 Å². The van der Waals surface area contributed by atoms with Crippen LogP contribution in [0.2, 0.25) is 0 Å². The van der Waals surface area contributed by atoms with Crippen molar-refractivity contribution in [3.05, 3.63) is 245 Å². The van der Waals surface area contributed by atoms with Crippen LogP contribution < -0.4 is 25.5 Å². The third-order valence-corrected chi connectivity index (χ3v) is 17.2. The Morgan fingerprint density at radius 3 is 1.71 bits per heavy atom. The Labute approximate surface area is 416 Å². The Bertz CT molecular complexity index is 3700. The normalized spacial score (nSPS) is 14.2. The van der Waals surface area contributed by atoms with Crippen LogP contribution in [0.4, 0.5) is 34.1 Å². The van der Waals surface area contributed by atoms with Crippen LogP contribution in [0.1, 0.15) is 73.2 Å². The van der Waals surface area contributed by atoms with Gasteiger partial charge in [0.1, 0.15) is 0 Å². The van der Waals surface area contributed by atoms with Crippen molar-refractivity contribution in [1.29, 1.82) is 0 Å². The van der Waals surface area contributed by atoms with Crippen molar-refractivity contribution in [3.63, 3.8) is 0 Å². The predicted molar refractivity (Wildman–Crippen MR) is 298 cm³/mol. The van der Waals surface area contributed by atoms with Crippen LogP contribution in [0.5, 0.6) is 0 Å². The van der Waals surface area contributed by atoms with E-state index in [4.69, 9.17) is 0 Å². The van der Waals surface area contributed by atoms with Gasteiger partial charge in [0.15, 0.2) is 0 Å². The minimum atomic E-state index is -0.454. The highest BCUT2D eigenvalue weighted by Gasteiger charge is 2.56. The van der Waals surface area contributed by atoms with E-state index in [1.54, 1.807) is 0 Å². The van der Waals surface area contributed by atoms with E-state index < -0.39 is 5.41 Å². The van der Waals surface area contributed by atoms with Gasteiger partial charge in [-0.3, -0.25) is 0 Å². The number of hydrogen-bond donors (Lipinski definition) is 0. The van der Waals surface area contributed by atoms with Gasteiger partial charge in [-0.15, -0.1) is 11.3 Å². The van der Waals surface area contributed by atoms with Crippen molar-refractivity contribution in [3.8, 4) is 44.5 Å². The topological polar surface area (TPSA) is 6.48 Å². The molecule has 4 heteroatoms. The van der Waals surface area contributed by atoms with Crippen LogP contribution >= 0.6 is 11.3 Å². The van der Waals surface area contributed by atoms with E-state index in [1.165, 1.54) is 121 Å². The molecule has 0 fully saturated rings. The molecular formula is C66H51BN2S. The summed E-state index contributed by atoms with van der Waals surface area (Å²) in [6, 6.07) is 80.7. The summed E-state index contributed by atoms with van der Waals surface area (Å²) in [4.78, 5) is 6.61. The fourth-order valence-electron chi connectivity index (χ4n) is 12.6. The number of thiophene rings is 1. The average molecular weight is 915 g/mol. The third-order valence-electron chi connectivity index (χ3n) is 15.8. The van der Waals surface area contributed by atoms with Gasteiger partial charge in [-0.1, -0.05) is 204 Å². The zero-order valence-electron chi connectivity index (χ0n) is 40.2. The first kappa shape index (κ1) is 41.3. The summed E-state index contributed by atoms with van der Waals surface area (Å²) >= 11 is 2.05. The molecule has 9 aromatic carbocycles. The summed E-state index contributed by atoms with van der Waals surface area (Å²) in [6.45, 7) is 11.5. The van der Waals surface area contributed by atoms with Crippen LogP contribution in [0.25, 0.3) is 44.5 Å². The highest BCUT2D eigenvalue weighted by Crippen LogP contribution is 2.67. The van der Waals surface area contributed by atoms with Crippen LogP contribution in [0.15, 0.2) is 212 Å².